The first-order valence-corrected chi connectivity index (χ1v) is 10.4. The molecule has 0 aliphatic rings. The number of sulfonamides is 1. The second kappa shape index (κ2) is 10.5. The van der Waals surface area contributed by atoms with E-state index in [0.29, 0.717) is 5.69 Å². The minimum atomic E-state index is -3.28. The second-order valence-corrected chi connectivity index (χ2v) is 8.59. The molecule has 0 amide bonds. The van der Waals surface area contributed by atoms with Crippen molar-refractivity contribution in [2.75, 3.05) is 24.4 Å². The van der Waals surface area contributed by atoms with Gasteiger partial charge in [-0.2, -0.15) is 0 Å². The molecule has 0 spiro atoms. The molecule has 0 fully saturated rings. The minimum Gasteiger partial charge on any atom is -0.303 e. The van der Waals surface area contributed by atoms with Crippen LogP contribution < -0.4 is 4.72 Å². The molecule has 24 heavy (non-hydrogen) atoms. The summed E-state index contributed by atoms with van der Waals surface area (Å²) >= 11 is 0. The number of hydrogen-bond donors (Lipinski definition) is 1. The van der Waals surface area contributed by atoms with Crippen molar-refractivity contribution >= 4 is 21.8 Å². The first-order valence-electron chi connectivity index (χ1n) is 8.89. The van der Waals surface area contributed by atoms with Gasteiger partial charge in [-0.1, -0.05) is 38.1 Å². The van der Waals surface area contributed by atoms with Crippen LogP contribution in [0.5, 0.6) is 0 Å². The van der Waals surface area contributed by atoms with E-state index in [-0.39, 0.29) is 0 Å². The zero-order chi connectivity index (χ0) is 18.0. The molecule has 0 unspecified atom stereocenters. The Hall–Kier alpha value is -1.33. The van der Waals surface area contributed by atoms with Crippen LogP contribution in [0.4, 0.5) is 5.69 Å². The molecule has 1 rings (SSSR count). The topological polar surface area (TPSA) is 49.4 Å². The molecular formula is C19H32N2O2S. The van der Waals surface area contributed by atoms with Crippen LogP contribution in [0.3, 0.4) is 0 Å². The fourth-order valence-electron chi connectivity index (χ4n) is 2.39. The molecule has 0 heterocycles. The van der Waals surface area contributed by atoms with Gasteiger partial charge in [-0.15, -0.1) is 0 Å². The fourth-order valence-corrected chi connectivity index (χ4v) is 3.09. The Morgan fingerprint density at radius 2 is 1.62 bits per heavy atom. The van der Waals surface area contributed by atoms with Gasteiger partial charge in [0, 0.05) is 12.2 Å². The highest BCUT2D eigenvalue weighted by Gasteiger charge is 2.14. The number of anilines is 1. The third-order valence-corrected chi connectivity index (χ3v) is 5.55. The Bertz CT molecular complexity index is 586. The molecule has 0 aromatic heterocycles. The molecule has 5 heteroatoms. The van der Waals surface area contributed by atoms with E-state index in [2.05, 4.69) is 35.6 Å². The molecular weight excluding hydrogens is 320 g/mol. The maximum absolute atomic E-state index is 11.8. The molecule has 0 saturated carbocycles. The van der Waals surface area contributed by atoms with Gasteiger partial charge in [0.2, 0.25) is 10.0 Å². The van der Waals surface area contributed by atoms with Crippen molar-refractivity contribution in [3.8, 4) is 0 Å². The molecule has 0 radical (unpaired) electrons. The molecule has 1 aromatic carbocycles. The molecule has 0 aliphatic carbocycles. The van der Waals surface area contributed by atoms with Crippen molar-refractivity contribution in [3.63, 3.8) is 0 Å². The van der Waals surface area contributed by atoms with Crippen molar-refractivity contribution in [2.45, 2.75) is 52.2 Å². The van der Waals surface area contributed by atoms with Crippen LogP contribution >= 0.6 is 0 Å². The monoisotopic (exact) mass is 352 g/mol. The Morgan fingerprint density at radius 1 is 1.04 bits per heavy atom. The van der Waals surface area contributed by atoms with Gasteiger partial charge in [-0.25, -0.2) is 8.42 Å². The van der Waals surface area contributed by atoms with Crippen molar-refractivity contribution in [1.29, 1.82) is 0 Å². The number of rotatable bonds is 11. The normalized spacial score (nSPS) is 12.4. The van der Waals surface area contributed by atoms with E-state index < -0.39 is 15.3 Å². The van der Waals surface area contributed by atoms with Gasteiger partial charge in [0.1, 0.15) is 0 Å². The highest BCUT2D eigenvalue weighted by atomic mass is 32.2. The summed E-state index contributed by atoms with van der Waals surface area (Å²) in [5.74, 6) is 0. The summed E-state index contributed by atoms with van der Waals surface area (Å²) in [7, 11) is -3.28. The molecule has 1 N–H and O–H groups in total. The molecule has 136 valence electrons. The Labute approximate surface area is 148 Å². The minimum absolute atomic E-state index is 0.439. The SMILES string of the molecule is CCCN(CCC)CCC=Cc1ccc(NS(=O)(=O)C(C)C)cc1. The van der Waals surface area contributed by atoms with E-state index in [0.717, 1.165) is 31.6 Å². The third-order valence-electron chi connectivity index (χ3n) is 3.79. The number of benzene rings is 1. The zero-order valence-corrected chi connectivity index (χ0v) is 16.3. The molecule has 0 atom stereocenters. The van der Waals surface area contributed by atoms with Gasteiger partial charge in [-0.3, -0.25) is 4.72 Å². The first-order chi connectivity index (χ1) is 11.4. The van der Waals surface area contributed by atoms with Crippen LogP contribution in [0, 0.1) is 0 Å². The highest BCUT2D eigenvalue weighted by Crippen LogP contribution is 2.14. The van der Waals surface area contributed by atoms with Gasteiger partial charge in [0.15, 0.2) is 0 Å². The van der Waals surface area contributed by atoms with Crippen LogP contribution in [0.1, 0.15) is 52.5 Å². The largest absolute Gasteiger partial charge is 0.303 e. The smallest absolute Gasteiger partial charge is 0.235 e. The van der Waals surface area contributed by atoms with Gasteiger partial charge < -0.3 is 4.90 Å². The zero-order valence-electron chi connectivity index (χ0n) is 15.5. The van der Waals surface area contributed by atoms with Crippen molar-refractivity contribution in [3.05, 3.63) is 35.9 Å². The van der Waals surface area contributed by atoms with Gasteiger partial charge >= 0.3 is 0 Å². The average molecular weight is 353 g/mol. The lowest BCUT2D eigenvalue weighted by molar-refractivity contribution is 0.280. The number of hydrogen-bond acceptors (Lipinski definition) is 3. The number of nitrogens with zero attached hydrogens (tertiary/aromatic N) is 1. The maximum atomic E-state index is 11.8. The molecule has 4 nitrogen and oxygen atoms in total. The Balaban J connectivity index is 2.52. The summed E-state index contributed by atoms with van der Waals surface area (Å²) in [5, 5.41) is -0.439. The van der Waals surface area contributed by atoms with Crippen LogP contribution in [0.2, 0.25) is 0 Å². The van der Waals surface area contributed by atoms with E-state index in [1.165, 1.54) is 12.8 Å². The summed E-state index contributed by atoms with van der Waals surface area (Å²) in [6.07, 6.45) is 7.69. The van der Waals surface area contributed by atoms with Gasteiger partial charge in [-0.05, 0) is 63.9 Å². The summed E-state index contributed by atoms with van der Waals surface area (Å²) in [4.78, 5) is 2.49. The number of nitrogens with one attached hydrogen (secondary N) is 1. The van der Waals surface area contributed by atoms with Gasteiger partial charge in [0.05, 0.1) is 5.25 Å². The summed E-state index contributed by atoms with van der Waals surface area (Å²) in [5.41, 5.74) is 1.69. The first kappa shape index (κ1) is 20.7. The lowest BCUT2D eigenvalue weighted by atomic mass is 10.2. The van der Waals surface area contributed by atoms with Crippen molar-refractivity contribution in [2.24, 2.45) is 0 Å². The summed E-state index contributed by atoms with van der Waals surface area (Å²) < 4.78 is 26.3. The van der Waals surface area contributed by atoms with Crippen LogP contribution in [0.25, 0.3) is 6.08 Å². The fraction of sp³-hybridized carbons (Fsp3) is 0.579. The second-order valence-electron chi connectivity index (χ2n) is 6.35. The highest BCUT2D eigenvalue weighted by molar-refractivity contribution is 7.93. The Morgan fingerprint density at radius 3 is 2.12 bits per heavy atom. The van der Waals surface area contributed by atoms with Gasteiger partial charge in [0.25, 0.3) is 0 Å². The van der Waals surface area contributed by atoms with Crippen LogP contribution in [0.15, 0.2) is 30.3 Å². The molecule has 0 saturated heterocycles. The summed E-state index contributed by atoms with van der Waals surface area (Å²) in [6.45, 7) is 11.2. The molecule has 1 aromatic rings. The molecule has 0 aliphatic heterocycles. The van der Waals surface area contributed by atoms with E-state index in [4.69, 9.17) is 0 Å². The molecule has 0 bridgehead atoms. The van der Waals surface area contributed by atoms with Crippen molar-refractivity contribution < 1.29 is 8.42 Å². The quantitative estimate of drug-likeness (QED) is 0.643. The lowest BCUT2D eigenvalue weighted by Gasteiger charge is -2.19. The van der Waals surface area contributed by atoms with E-state index in [9.17, 15) is 8.42 Å². The van der Waals surface area contributed by atoms with E-state index in [1.807, 2.05) is 12.1 Å². The lowest BCUT2D eigenvalue weighted by Crippen LogP contribution is -2.26. The summed E-state index contributed by atoms with van der Waals surface area (Å²) in [6, 6.07) is 7.48. The Kier molecular flexibility index (Phi) is 9.08. The predicted octanol–water partition coefficient (Wildman–Crippen LogP) is 4.36. The maximum Gasteiger partial charge on any atom is 0.235 e. The van der Waals surface area contributed by atoms with Crippen LogP contribution in [-0.4, -0.2) is 38.2 Å². The van der Waals surface area contributed by atoms with E-state index >= 15 is 0 Å². The third kappa shape index (κ3) is 7.49. The predicted molar refractivity (Wildman–Crippen MR) is 105 cm³/mol. The van der Waals surface area contributed by atoms with E-state index in [1.54, 1.807) is 26.0 Å². The van der Waals surface area contributed by atoms with Crippen molar-refractivity contribution in [1.82, 2.24) is 4.90 Å². The van der Waals surface area contributed by atoms with Crippen LogP contribution in [-0.2, 0) is 10.0 Å². The standard InChI is InChI=1S/C19H32N2O2S/c1-5-14-21(15-6-2)16-8-7-9-18-10-12-19(13-11-18)20-24(22,23)17(3)4/h7,9-13,17,20H,5-6,8,14-16H2,1-4H3. The average Bonchev–Trinajstić information content (AvgIpc) is 2.53.